The first-order valence-electron chi connectivity index (χ1n) is 17.7. The van der Waals surface area contributed by atoms with Crippen LogP contribution in [0, 0.1) is 0 Å². The number of fused-ring (bicyclic) bond motifs is 11. The Bertz CT molecular complexity index is 3260. The van der Waals surface area contributed by atoms with Crippen LogP contribution in [-0.2, 0) is 0 Å². The molecule has 0 bridgehead atoms. The maximum atomic E-state index is 5.22. The van der Waals surface area contributed by atoms with Gasteiger partial charge in [-0.2, -0.15) is 0 Å². The molecule has 0 radical (unpaired) electrons. The van der Waals surface area contributed by atoms with Crippen molar-refractivity contribution in [3.8, 4) is 45.0 Å². The molecule has 7 aromatic carbocycles. The Labute approximate surface area is 298 Å². The monoisotopic (exact) mass is 660 g/mol. The van der Waals surface area contributed by atoms with Crippen LogP contribution in [0.25, 0.3) is 110 Å². The van der Waals surface area contributed by atoms with Crippen LogP contribution in [0.1, 0.15) is 0 Å². The molecule has 4 heterocycles. The second-order valence-corrected chi connectivity index (χ2v) is 13.8. The van der Waals surface area contributed by atoms with Gasteiger partial charge in [0.25, 0.3) is 0 Å². The second kappa shape index (κ2) is 10.3. The van der Waals surface area contributed by atoms with Crippen LogP contribution in [0.3, 0.4) is 0 Å². The summed E-state index contributed by atoms with van der Waals surface area (Å²) in [6.45, 7) is 0. The van der Waals surface area contributed by atoms with E-state index in [4.69, 9.17) is 9.97 Å². The number of aromatic nitrogens is 4. The zero-order chi connectivity index (χ0) is 33.9. The van der Waals surface area contributed by atoms with Gasteiger partial charge in [0.2, 0.25) is 0 Å². The van der Waals surface area contributed by atoms with Crippen LogP contribution in [-0.4, -0.2) is 19.1 Å². The quantitative estimate of drug-likeness (QED) is 0.189. The first-order chi connectivity index (χ1) is 25.8. The number of para-hydroxylation sites is 2. The molecule has 11 aromatic rings. The normalized spacial score (nSPS) is 12.2. The van der Waals surface area contributed by atoms with E-state index in [1.165, 1.54) is 76.7 Å². The third kappa shape index (κ3) is 3.65. The molecule has 1 aliphatic carbocycles. The van der Waals surface area contributed by atoms with Crippen LogP contribution in [0.2, 0.25) is 0 Å². The van der Waals surface area contributed by atoms with Crippen LogP contribution < -0.4 is 0 Å². The van der Waals surface area contributed by atoms with Gasteiger partial charge in [-0.1, -0.05) is 103 Å². The minimum absolute atomic E-state index is 0.937. The van der Waals surface area contributed by atoms with Gasteiger partial charge in [0, 0.05) is 61.5 Å². The Balaban J connectivity index is 1.13. The second-order valence-electron chi connectivity index (χ2n) is 13.8. The maximum Gasteiger partial charge on any atom is 0.145 e. The van der Waals surface area contributed by atoms with Crippen molar-refractivity contribution in [3.05, 3.63) is 170 Å². The average Bonchev–Trinajstić information content (AvgIpc) is 3.85. The lowest BCUT2D eigenvalue weighted by molar-refractivity contribution is 1.10. The molecule has 0 N–H and O–H groups in total. The lowest BCUT2D eigenvalue weighted by Crippen LogP contribution is -1.99. The third-order valence-electron chi connectivity index (χ3n) is 11.1. The van der Waals surface area contributed by atoms with E-state index in [-0.39, 0.29) is 0 Å². The van der Waals surface area contributed by atoms with Gasteiger partial charge in [0.05, 0.1) is 27.8 Å². The fraction of sp³-hybridized carbons (Fsp3) is 0. The number of benzene rings is 7. The number of pyridine rings is 2. The fourth-order valence-corrected chi connectivity index (χ4v) is 8.91. The van der Waals surface area contributed by atoms with Gasteiger partial charge in [-0.25, -0.2) is 4.98 Å². The highest BCUT2D eigenvalue weighted by Crippen LogP contribution is 2.48. The van der Waals surface area contributed by atoms with Gasteiger partial charge in [-0.3, -0.25) is 9.55 Å². The zero-order valence-corrected chi connectivity index (χ0v) is 28.0. The largest absolute Gasteiger partial charge is 0.309 e. The Hall–Kier alpha value is -7.04. The average molecular weight is 661 g/mol. The molecule has 0 saturated carbocycles. The summed E-state index contributed by atoms with van der Waals surface area (Å²) in [4.78, 5) is 9.99. The van der Waals surface area contributed by atoms with Crippen molar-refractivity contribution in [1.29, 1.82) is 0 Å². The minimum Gasteiger partial charge on any atom is -0.309 e. The Morgan fingerprint density at radius 3 is 1.96 bits per heavy atom. The molecule has 52 heavy (non-hydrogen) atoms. The smallest absolute Gasteiger partial charge is 0.145 e. The van der Waals surface area contributed by atoms with Crippen LogP contribution in [0.4, 0.5) is 0 Å². The number of hydrogen-bond donors (Lipinski definition) is 0. The molecule has 0 unspecified atom stereocenters. The van der Waals surface area contributed by atoms with E-state index in [2.05, 4.69) is 161 Å². The Morgan fingerprint density at radius 2 is 1.08 bits per heavy atom. The van der Waals surface area contributed by atoms with Gasteiger partial charge >= 0.3 is 0 Å². The molecule has 4 heteroatoms. The van der Waals surface area contributed by atoms with E-state index < -0.39 is 0 Å². The third-order valence-corrected chi connectivity index (χ3v) is 11.1. The van der Waals surface area contributed by atoms with E-state index in [1.807, 2.05) is 18.5 Å². The molecule has 4 nitrogen and oxygen atoms in total. The number of nitrogens with zero attached hydrogens (tertiary/aromatic N) is 4. The van der Waals surface area contributed by atoms with Crippen LogP contribution in [0.15, 0.2) is 170 Å². The van der Waals surface area contributed by atoms with Crippen LogP contribution >= 0.6 is 0 Å². The summed E-state index contributed by atoms with van der Waals surface area (Å²) >= 11 is 0. The first-order valence-corrected chi connectivity index (χ1v) is 17.7. The predicted octanol–water partition coefficient (Wildman–Crippen LogP) is 12.3. The van der Waals surface area contributed by atoms with Crippen molar-refractivity contribution in [2.45, 2.75) is 0 Å². The minimum atomic E-state index is 0.937. The maximum absolute atomic E-state index is 5.22. The number of rotatable bonds is 3. The van der Waals surface area contributed by atoms with E-state index in [0.29, 0.717) is 0 Å². The molecule has 12 rings (SSSR count). The van der Waals surface area contributed by atoms with Crippen molar-refractivity contribution in [2.75, 3.05) is 0 Å². The lowest BCUT2D eigenvalue weighted by Gasteiger charge is -2.12. The van der Waals surface area contributed by atoms with Gasteiger partial charge < -0.3 is 4.57 Å². The zero-order valence-electron chi connectivity index (χ0n) is 28.0. The molecule has 0 amide bonds. The summed E-state index contributed by atoms with van der Waals surface area (Å²) < 4.78 is 4.74. The van der Waals surface area contributed by atoms with Crippen molar-refractivity contribution in [2.24, 2.45) is 0 Å². The molecular formula is C48H28N4. The van der Waals surface area contributed by atoms with Gasteiger partial charge in [0.1, 0.15) is 5.82 Å². The summed E-state index contributed by atoms with van der Waals surface area (Å²) in [5, 5.41) is 9.77. The Kier molecular flexibility index (Phi) is 5.47. The van der Waals surface area contributed by atoms with Gasteiger partial charge in [0.15, 0.2) is 0 Å². The standard InChI is InChI=1S/C48H28N4/c1-2-11-32(12-3-1)51-41-18-7-6-14-34(41)38-26-30(20-22-42(38)51)31-21-23-43-39(27-31)46-33-13-5-4-10-29(33)19-24-44(46)52(43)48-37-16-8-15-35-36-17-9-25-49-47(36)40(28-50-48)45(35)37/h1-28H. The summed E-state index contributed by atoms with van der Waals surface area (Å²) in [6.07, 6.45) is 3.90. The fourth-order valence-electron chi connectivity index (χ4n) is 8.91. The highest BCUT2D eigenvalue weighted by molar-refractivity contribution is 6.23. The lowest BCUT2D eigenvalue weighted by atomic mass is 9.99. The van der Waals surface area contributed by atoms with E-state index in [9.17, 15) is 0 Å². The molecule has 0 aliphatic heterocycles. The molecule has 4 aromatic heterocycles. The highest BCUT2D eigenvalue weighted by Gasteiger charge is 2.26. The van der Waals surface area contributed by atoms with Crippen LogP contribution in [0.5, 0.6) is 0 Å². The van der Waals surface area contributed by atoms with Crippen molar-refractivity contribution in [3.63, 3.8) is 0 Å². The summed E-state index contributed by atoms with van der Waals surface area (Å²) in [5.74, 6) is 0.937. The topological polar surface area (TPSA) is 35.6 Å². The molecule has 0 saturated heterocycles. The molecular weight excluding hydrogens is 633 g/mol. The molecule has 240 valence electrons. The SMILES string of the molecule is c1ccc(-n2c3ccccc3c3cc(-c4ccc5c(c4)c4c6ccccc6ccc4n5-c4ncc5c6c(cccc46)-c4cccnc4-5)ccc32)cc1. The summed E-state index contributed by atoms with van der Waals surface area (Å²) in [7, 11) is 0. The predicted molar refractivity (Wildman–Crippen MR) is 216 cm³/mol. The van der Waals surface area contributed by atoms with E-state index >= 15 is 0 Å². The molecule has 1 aliphatic rings. The highest BCUT2D eigenvalue weighted by atomic mass is 15.1. The van der Waals surface area contributed by atoms with Crippen molar-refractivity contribution in [1.82, 2.24) is 19.1 Å². The number of hydrogen-bond acceptors (Lipinski definition) is 2. The Morgan fingerprint density at radius 1 is 0.385 bits per heavy atom. The molecule has 0 atom stereocenters. The van der Waals surface area contributed by atoms with Gasteiger partial charge in [-0.05, 0) is 82.1 Å². The van der Waals surface area contributed by atoms with E-state index in [0.717, 1.165) is 33.5 Å². The van der Waals surface area contributed by atoms with Crippen molar-refractivity contribution < 1.29 is 0 Å². The molecule has 0 fully saturated rings. The first kappa shape index (κ1) is 27.7. The van der Waals surface area contributed by atoms with Crippen molar-refractivity contribution >= 4 is 65.2 Å². The molecule has 0 spiro atoms. The van der Waals surface area contributed by atoms with E-state index in [1.54, 1.807) is 0 Å². The van der Waals surface area contributed by atoms with Gasteiger partial charge in [-0.15, -0.1) is 0 Å². The summed E-state index contributed by atoms with van der Waals surface area (Å²) in [5.41, 5.74) is 12.7. The summed E-state index contributed by atoms with van der Waals surface area (Å²) in [6, 6.07) is 57.2.